The number of ether oxygens (including phenoxy) is 1. The fourth-order valence-electron chi connectivity index (χ4n) is 3.98. The average Bonchev–Trinajstić information content (AvgIpc) is 3.14. The number of aromatic nitrogens is 1. The van der Waals surface area contributed by atoms with E-state index in [-0.39, 0.29) is 15.7 Å². The van der Waals surface area contributed by atoms with Crippen LogP contribution in [0.2, 0.25) is 5.02 Å². The summed E-state index contributed by atoms with van der Waals surface area (Å²) in [6.07, 6.45) is 0.634. The van der Waals surface area contributed by atoms with Crippen molar-refractivity contribution in [3.63, 3.8) is 0 Å². The zero-order valence-corrected chi connectivity index (χ0v) is 22.1. The summed E-state index contributed by atoms with van der Waals surface area (Å²) in [7, 11) is -2.24. The predicted molar refractivity (Wildman–Crippen MR) is 142 cm³/mol. The summed E-state index contributed by atoms with van der Waals surface area (Å²) < 4.78 is 37.0. The van der Waals surface area contributed by atoms with Gasteiger partial charge in [0.1, 0.15) is 5.75 Å². The Balaban J connectivity index is 1.65. The lowest BCUT2D eigenvalue weighted by Gasteiger charge is -2.21. The van der Waals surface area contributed by atoms with Crippen LogP contribution in [0.4, 0.5) is 0 Å². The second kappa shape index (κ2) is 10.5. The highest BCUT2D eigenvalue weighted by Crippen LogP contribution is 2.28. The van der Waals surface area contributed by atoms with Crippen LogP contribution in [0.25, 0.3) is 10.2 Å². The lowest BCUT2D eigenvalue weighted by atomic mass is 9.98. The molecule has 3 aromatic carbocycles. The second-order valence-electron chi connectivity index (χ2n) is 8.75. The van der Waals surface area contributed by atoms with Gasteiger partial charge in [-0.2, -0.15) is 0 Å². The van der Waals surface area contributed by atoms with E-state index in [4.69, 9.17) is 16.3 Å². The molecule has 1 aromatic heterocycles. The topological polar surface area (TPSA) is 77.4 Å². The number of sulfonamides is 1. The van der Waals surface area contributed by atoms with Crippen LogP contribution in [0.1, 0.15) is 37.4 Å². The minimum Gasteiger partial charge on any atom is -0.497 e. The number of hydrogen-bond donors (Lipinski definition) is 1. The molecule has 0 amide bonds. The first-order chi connectivity index (χ1) is 16.7. The lowest BCUT2D eigenvalue weighted by molar-refractivity contribution is 0.414. The van der Waals surface area contributed by atoms with E-state index in [0.717, 1.165) is 22.5 Å². The first-order valence-corrected chi connectivity index (χ1v) is 13.9. The van der Waals surface area contributed by atoms with Gasteiger partial charge in [0.25, 0.3) is 0 Å². The number of nitrogens with one attached hydrogen (secondary N) is 1. The summed E-state index contributed by atoms with van der Waals surface area (Å²) in [4.78, 5) is 12.7. The molecule has 0 radical (unpaired) electrons. The normalized spacial score (nSPS) is 12.8. The monoisotopic (exact) mass is 530 g/mol. The number of fused-ring (bicyclic) bond motifs is 1. The highest BCUT2D eigenvalue weighted by atomic mass is 35.5. The van der Waals surface area contributed by atoms with Crippen molar-refractivity contribution in [3.8, 4) is 5.75 Å². The molecule has 0 saturated carbocycles. The third-order valence-electron chi connectivity index (χ3n) is 5.76. The van der Waals surface area contributed by atoms with E-state index in [0.29, 0.717) is 34.0 Å². The van der Waals surface area contributed by atoms with Gasteiger partial charge in [0, 0.05) is 11.1 Å². The summed E-state index contributed by atoms with van der Waals surface area (Å²) >= 11 is 7.30. The third kappa shape index (κ3) is 5.78. The molecule has 1 heterocycles. The van der Waals surface area contributed by atoms with Crippen molar-refractivity contribution in [2.45, 2.75) is 37.8 Å². The molecule has 6 nitrogen and oxygen atoms in total. The Kier molecular flexibility index (Phi) is 7.66. The van der Waals surface area contributed by atoms with Crippen LogP contribution in [0, 0.1) is 5.92 Å². The van der Waals surface area contributed by atoms with Crippen LogP contribution in [0.15, 0.2) is 76.4 Å². The van der Waals surface area contributed by atoms with E-state index in [2.05, 4.69) is 18.6 Å². The molecule has 1 atom stereocenters. The van der Waals surface area contributed by atoms with Crippen molar-refractivity contribution in [3.05, 3.63) is 92.5 Å². The molecule has 9 heteroatoms. The maximum Gasteiger partial charge on any atom is 0.308 e. The van der Waals surface area contributed by atoms with E-state index in [9.17, 15) is 13.2 Å². The van der Waals surface area contributed by atoms with Crippen molar-refractivity contribution in [2.75, 3.05) is 7.11 Å². The number of rotatable bonds is 9. The molecule has 0 unspecified atom stereocenters. The third-order valence-corrected chi connectivity index (χ3v) is 8.54. The summed E-state index contributed by atoms with van der Waals surface area (Å²) in [5, 5.41) is 0.580. The van der Waals surface area contributed by atoms with Gasteiger partial charge < -0.3 is 4.74 Å². The van der Waals surface area contributed by atoms with Crippen LogP contribution >= 0.6 is 22.9 Å². The number of thiazole rings is 1. The van der Waals surface area contributed by atoms with Gasteiger partial charge in [-0.3, -0.25) is 9.36 Å². The van der Waals surface area contributed by atoms with Crippen molar-refractivity contribution in [1.82, 2.24) is 9.29 Å². The molecule has 1 N–H and O–H groups in total. The molecule has 0 aliphatic heterocycles. The Bertz CT molecular complexity index is 1490. The highest BCUT2D eigenvalue weighted by Gasteiger charge is 2.23. The standard InChI is InChI=1S/C26H27ClN2O4S2/c1-17(2)14-23(18-8-10-20(33-3)11-9-18)28-35(31,32)21-12-13-24-25(15-21)34-26(30)29(24)16-19-6-4-5-7-22(19)27/h4-13,15,17,23,28H,14,16H2,1-3H3/t23-/m1/s1. The van der Waals surface area contributed by atoms with Crippen molar-refractivity contribution in [2.24, 2.45) is 5.92 Å². The lowest BCUT2D eigenvalue weighted by Crippen LogP contribution is -2.29. The number of nitrogens with zero attached hydrogens (tertiary/aromatic N) is 1. The van der Waals surface area contributed by atoms with Gasteiger partial charge in [-0.1, -0.05) is 67.1 Å². The smallest absolute Gasteiger partial charge is 0.308 e. The highest BCUT2D eigenvalue weighted by molar-refractivity contribution is 7.89. The SMILES string of the molecule is COc1ccc([C@@H](CC(C)C)NS(=O)(=O)c2ccc3c(c2)sc(=O)n3Cc2ccccc2Cl)cc1. The van der Waals surface area contributed by atoms with E-state index >= 15 is 0 Å². The summed E-state index contributed by atoms with van der Waals surface area (Å²) in [6, 6.07) is 19.1. The van der Waals surface area contributed by atoms with Gasteiger partial charge in [0.05, 0.1) is 28.8 Å². The minimum atomic E-state index is -3.84. The molecule has 0 saturated heterocycles. The Morgan fingerprint density at radius 1 is 1.06 bits per heavy atom. The van der Waals surface area contributed by atoms with Crippen LogP contribution < -0.4 is 14.3 Å². The Labute approximate surface area is 214 Å². The summed E-state index contributed by atoms with van der Waals surface area (Å²) in [5.74, 6) is 0.984. The number of methoxy groups -OCH3 is 1. The quantitative estimate of drug-likeness (QED) is 0.295. The molecule has 0 bridgehead atoms. The molecule has 0 aliphatic rings. The largest absolute Gasteiger partial charge is 0.497 e. The molecule has 4 rings (SSSR count). The fraction of sp³-hybridized carbons (Fsp3) is 0.269. The second-order valence-corrected chi connectivity index (χ2v) is 11.9. The van der Waals surface area contributed by atoms with Crippen molar-refractivity contribution >= 4 is 43.2 Å². The Hall–Kier alpha value is -2.65. The van der Waals surface area contributed by atoms with Gasteiger partial charge in [-0.25, -0.2) is 13.1 Å². The van der Waals surface area contributed by atoms with Crippen LogP contribution in [-0.4, -0.2) is 20.1 Å². The van der Waals surface area contributed by atoms with Crippen LogP contribution in [-0.2, 0) is 16.6 Å². The number of halogens is 1. The maximum atomic E-state index is 13.4. The molecule has 0 fully saturated rings. The maximum absolute atomic E-state index is 13.4. The zero-order valence-electron chi connectivity index (χ0n) is 19.7. The Morgan fingerprint density at radius 3 is 2.43 bits per heavy atom. The minimum absolute atomic E-state index is 0.124. The van der Waals surface area contributed by atoms with E-state index in [1.54, 1.807) is 35.9 Å². The summed E-state index contributed by atoms with van der Waals surface area (Å²) in [6.45, 7) is 4.42. The van der Waals surface area contributed by atoms with Crippen LogP contribution in [0.5, 0.6) is 5.75 Å². The fourth-order valence-corrected chi connectivity index (χ4v) is 6.44. The van der Waals surface area contributed by atoms with Gasteiger partial charge >= 0.3 is 4.87 Å². The summed E-state index contributed by atoms with van der Waals surface area (Å²) in [5.41, 5.74) is 2.36. The molecule has 35 heavy (non-hydrogen) atoms. The van der Waals surface area contributed by atoms with Gasteiger partial charge in [0.2, 0.25) is 10.0 Å². The van der Waals surface area contributed by atoms with E-state index in [1.165, 1.54) is 0 Å². The average molecular weight is 531 g/mol. The molecule has 184 valence electrons. The first kappa shape index (κ1) is 25.4. The van der Waals surface area contributed by atoms with E-state index < -0.39 is 16.1 Å². The van der Waals surface area contributed by atoms with Gasteiger partial charge in [0.15, 0.2) is 0 Å². The molecule has 0 spiro atoms. The Morgan fingerprint density at radius 2 is 1.77 bits per heavy atom. The molecule has 0 aliphatic carbocycles. The molecular weight excluding hydrogens is 504 g/mol. The van der Waals surface area contributed by atoms with E-state index in [1.807, 2.05) is 42.5 Å². The first-order valence-electron chi connectivity index (χ1n) is 11.2. The van der Waals surface area contributed by atoms with Crippen molar-refractivity contribution < 1.29 is 13.2 Å². The molecular formula is C26H27ClN2O4S2. The predicted octanol–water partition coefficient (Wildman–Crippen LogP) is 5.84. The van der Waals surface area contributed by atoms with Gasteiger partial charge in [-0.15, -0.1) is 0 Å². The number of hydrogen-bond acceptors (Lipinski definition) is 5. The van der Waals surface area contributed by atoms with Crippen LogP contribution in [0.3, 0.4) is 0 Å². The number of benzene rings is 3. The van der Waals surface area contributed by atoms with Crippen molar-refractivity contribution in [1.29, 1.82) is 0 Å². The molecule has 4 aromatic rings. The zero-order chi connectivity index (χ0) is 25.2. The van der Waals surface area contributed by atoms with Gasteiger partial charge in [-0.05, 0) is 59.9 Å².